The van der Waals surface area contributed by atoms with Crippen molar-refractivity contribution < 1.29 is 19.4 Å². The minimum Gasteiger partial charge on any atom is -0.480 e. The third-order valence-corrected chi connectivity index (χ3v) is 4.34. The quantitative estimate of drug-likeness (QED) is 0.569. The van der Waals surface area contributed by atoms with E-state index in [-0.39, 0.29) is 5.92 Å². The van der Waals surface area contributed by atoms with Gasteiger partial charge in [-0.3, -0.25) is 9.59 Å². The van der Waals surface area contributed by atoms with Crippen LogP contribution in [0.5, 0.6) is 0 Å². The predicted octanol–water partition coefficient (Wildman–Crippen LogP) is 3.25. The van der Waals surface area contributed by atoms with Crippen molar-refractivity contribution in [1.82, 2.24) is 0 Å². The van der Waals surface area contributed by atoms with Gasteiger partial charge in [-0.05, 0) is 31.1 Å². The van der Waals surface area contributed by atoms with Gasteiger partial charge in [-0.2, -0.15) is 0 Å². The molecule has 0 aromatic carbocycles. The van der Waals surface area contributed by atoms with Crippen molar-refractivity contribution in [2.45, 2.75) is 58.8 Å². The van der Waals surface area contributed by atoms with E-state index in [0.29, 0.717) is 12.3 Å². The summed E-state index contributed by atoms with van der Waals surface area (Å²) in [5, 5.41) is 9.65. The second kappa shape index (κ2) is 6.92. The van der Waals surface area contributed by atoms with Gasteiger partial charge in [0.1, 0.15) is 0 Å². The number of hydrogen-bond acceptors (Lipinski definition) is 3. The molecule has 0 saturated heterocycles. The third kappa shape index (κ3) is 3.48. The predicted molar refractivity (Wildman–Crippen MR) is 72.7 cm³/mol. The maximum Gasteiger partial charge on any atom is 0.323 e. The largest absolute Gasteiger partial charge is 0.480 e. The zero-order valence-electron chi connectivity index (χ0n) is 12.3. The van der Waals surface area contributed by atoms with Crippen LogP contribution in [0.4, 0.5) is 0 Å². The number of ether oxygens (including phenoxy) is 1. The van der Waals surface area contributed by atoms with E-state index in [9.17, 15) is 14.7 Å². The van der Waals surface area contributed by atoms with Gasteiger partial charge < -0.3 is 9.84 Å². The molecule has 19 heavy (non-hydrogen) atoms. The molecule has 1 rings (SSSR count). The zero-order chi connectivity index (χ0) is 14.5. The Kier molecular flexibility index (Phi) is 5.83. The van der Waals surface area contributed by atoms with Crippen molar-refractivity contribution in [1.29, 1.82) is 0 Å². The van der Waals surface area contributed by atoms with E-state index < -0.39 is 17.4 Å². The summed E-state index contributed by atoms with van der Waals surface area (Å²) in [6.07, 6.45) is 5.78. The lowest BCUT2D eigenvalue weighted by molar-refractivity contribution is -0.172. The lowest BCUT2D eigenvalue weighted by atomic mass is 9.70. The van der Waals surface area contributed by atoms with Gasteiger partial charge in [0.25, 0.3) is 0 Å². The van der Waals surface area contributed by atoms with Crippen LogP contribution in [0.2, 0.25) is 0 Å². The Labute approximate surface area is 115 Å². The molecule has 0 amide bonds. The highest BCUT2D eigenvalue weighted by Crippen LogP contribution is 2.44. The smallest absolute Gasteiger partial charge is 0.323 e. The van der Waals surface area contributed by atoms with Gasteiger partial charge in [0.2, 0.25) is 0 Å². The highest BCUT2D eigenvalue weighted by molar-refractivity contribution is 5.99. The summed E-state index contributed by atoms with van der Waals surface area (Å²) in [6.45, 7) is 4.21. The molecule has 1 fully saturated rings. The number of hydrogen-bond donors (Lipinski definition) is 1. The van der Waals surface area contributed by atoms with E-state index in [1.165, 1.54) is 7.11 Å². The molecule has 4 nitrogen and oxygen atoms in total. The SMILES string of the molecule is COC(=O)C(CCCC(C)C)(C(=O)O)C1CCCC1. The van der Waals surface area contributed by atoms with E-state index in [1.807, 2.05) is 0 Å². The highest BCUT2D eigenvalue weighted by atomic mass is 16.5. The van der Waals surface area contributed by atoms with E-state index in [1.54, 1.807) is 0 Å². The van der Waals surface area contributed by atoms with E-state index >= 15 is 0 Å². The number of carboxylic acid groups (broad SMARTS) is 1. The molecule has 4 heteroatoms. The molecular formula is C15H26O4. The van der Waals surface area contributed by atoms with Crippen molar-refractivity contribution in [3.8, 4) is 0 Å². The fourth-order valence-corrected chi connectivity index (χ4v) is 3.23. The summed E-state index contributed by atoms with van der Waals surface area (Å²) in [7, 11) is 1.29. The highest BCUT2D eigenvalue weighted by Gasteiger charge is 2.53. The first-order valence-corrected chi connectivity index (χ1v) is 7.27. The van der Waals surface area contributed by atoms with E-state index in [0.717, 1.165) is 38.5 Å². The molecule has 0 aromatic heterocycles. The monoisotopic (exact) mass is 270 g/mol. The van der Waals surface area contributed by atoms with Crippen LogP contribution in [0.25, 0.3) is 0 Å². The third-order valence-electron chi connectivity index (χ3n) is 4.34. The molecule has 1 N–H and O–H groups in total. The van der Waals surface area contributed by atoms with Crippen LogP contribution in [0.1, 0.15) is 58.8 Å². The summed E-state index contributed by atoms with van der Waals surface area (Å²) in [5.74, 6) is -1.11. The standard InChI is InChI=1S/C15H26O4/c1-11(2)7-6-10-15(13(16)17,14(18)19-3)12-8-4-5-9-12/h11-12H,4-10H2,1-3H3,(H,16,17). The molecule has 1 aliphatic carbocycles. The summed E-state index contributed by atoms with van der Waals surface area (Å²) in [4.78, 5) is 23.9. The summed E-state index contributed by atoms with van der Waals surface area (Å²) in [6, 6.07) is 0. The Morgan fingerprint density at radius 1 is 1.32 bits per heavy atom. The lowest BCUT2D eigenvalue weighted by Gasteiger charge is -2.32. The Hall–Kier alpha value is -1.06. The maximum absolute atomic E-state index is 12.1. The minimum absolute atomic E-state index is 0.0652. The number of rotatable bonds is 7. The van der Waals surface area contributed by atoms with Crippen molar-refractivity contribution in [3.63, 3.8) is 0 Å². The van der Waals surface area contributed by atoms with Gasteiger partial charge in [-0.25, -0.2) is 0 Å². The van der Waals surface area contributed by atoms with Gasteiger partial charge >= 0.3 is 11.9 Å². The Balaban J connectivity index is 2.91. The molecular weight excluding hydrogens is 244 g/mol. The number of carboxylic acids is 1. The van der Waals surface area contributed by atoms with Crippen LogP contribution in [-0.2, 0) is 14.3 Å². The minimum atomic E-state index is -1.32. The number of aliphatic carboxylic acids is 1. The maximum atomic E-state index is 12.1. The molecule has 0 aromatic rings. The van der Waals surface area contributed by atoms with Gasteiger partial charge in [0, 0.05) is 0 Å². The summed E-state index contributed by atoms with van der Waals surface area (Å²) < 4.78 is 4.83. The van der Waals surface area contributed by atoms with Gasteiger partial charge in [0.15, 0.2) is 5.41 Å². The van der Waals surface area contributed by atoms with Crippen molar-refractivity contribution in [2.24, 2.45) is 17.3 Å². The number of carbonyl (C=O) groups is 2. The Morgan fingerprint density at radius 3 is 2.32 bits per heavy atom. The number of esters is 1. The molecule has 1 saturated carbocycles. The molecule has 1 unspecified atom stereocenters. The van der Waals surface area contributed by atoms with Crippen LogP contribution < -0.4 is 0 Å². The van der Waals surface area contributed by atoms with Gasteiger partial charge in [-0.15, -0.1) is 0 Å². The van der Waals surface area contributed by atoms with E-state index in [4.69, 9.17) is 4.74 Å². The average molecular weight is 270 g/mol. The average Bonchev–Trinajstić information content (AvgIpc) is 2.87. The normalized spacial score (nSPS) is 19.4. The molecule has 0 aliphatic heterocycles. The van der Waals surface area contributed by atoms with Crippen LogP contribution in [0.15, 0.2) is 0 Å². The van der Waals surface area contributed by atoms with Crippen molar-refractivity contribution in [2.75, 3.05) is 7.11 Å². The van der Waals surface area contributed by atoms with Crippen molar-refractivity contribution >= 4 is 11.9 Å². The molecule has 0 bridgehead atoms. The number of carbonyl (C=O) groups excluding carboxylic acids is 1. The van der Waals surface area contributed by atoms with Gasteiger partial charge in [-0.1, -0.05) is 39.5 Å². The van der Waals surface area contributed by atoms with Crippen LogP contribution in [0.3, 0.4) is 0 Å². The van der Waals surface area contributed by atoms with Crippen molar-refractivity contribution in [3.05, 3.63) is 0 Å². The fourth-order valence-electron chi connectivity index (χ4n) is 3.23. The molecule has 1 aliphatic rings. The summed E-state index contributed by atoms with van der Waals surface area (Å²) >= 11 is 0. The van der Waals surface area contributed by atoms with Crippen LogP contribution >= 0.6 is 0 Å². The van der Waals surface area contributed by atoms with Crippen LogP contribution in [-0.4, -0.2) is 24.2 Å². The molecule has 0 spiro atoms. The molecule has 0 heterocycles. The molecule has 110 valence electrons. The first kappa shape index (κ1) is 16.0. The first-order valence-electron chi connectivity index (χ1n) is 7.27. The second-order valence-electron chi connectivity index (χ2n) is 6.04. The second-order valence-corrected chi connectivity index (χ2v) is 6.04. The summed E-state index contributed by atoms with van der Waals surface area (Å²) in [5.41, 5.74) is -1.32. The topological polar surface area (TPSA) is 63.6 Å². The molecule has 1 atom stereocenters. The van der Waals surface area contributed by atoms with Gasteiger partial charge in [0.05, 0.1) is 7.11 Å². The van der Waals surface area contributed by atoms with E-state index in [2.05, 4.69) is 13.8 Å². The Bertz CT molecular complexity index is 318. The Morgan fingerprint density at radius 2 is 1.89 bits per heavy atom. The lowest BCUT2D eigenvalue weighted by Crippen LogP contribution is -2.45. The first-order chi connectivity index (χ1) is 8.95. The molecule has 0 radical (unpaired) electrons. The number of methoxy groups -OCH3 is 1. The van der Waals surface area contributed by atoms with Crippen LogP contribution in [0, 0.1) is 17.3 Å². The zero-order valence-corrected chi connectivity index (χ0v) is 12.3. The fraction of sp³-hybridized carbons (Fsp3) is 0.867.